The van der Waals surface area contributed by atoms with E-state index in [0.29, 0.717) is 16.6 Å². The van der Waals surface area contributed by atoms with Gasteiger partial charge >= 0.3 is 0 Å². The van der Waals surface area contributed by atoms with Gasteiger partial charge in [0, 0.05) is 22.3 Å². The van der Waals surface area contributed by atoms with Gasteiger partial charge in [0.05, 0.1) is 0 Å². The minimum Gasteiger partial charge on any atom is -0.322 e. The maximum absolute atomic E-state index is 12.1. The number of hydrogen-bond donors (Lipinski definition) is 2. The Morgan fingerprint density at radius 1 is 1.04 bits per heavy atom. The van der Waals surface area contributed by atoms with Gasteiger partial charge in [0.15, 0.2) is 0 Å². The smallest absolute Gasteiger partial charge is 0.255 e. The lowest BCUT2D eigenvalue weighted by Crippen LogP contribution is -2.26. The van der Waals surface area contributed by atoms with Crippen LogP contribution in [0.3, 0.4) is 0 Å². The number of benzene rings is 2. The third-order valence-electron chi connectivity index (χ3n) is 3.99. The van der Waals surface area contributed by atoms with E-state index in [4.69, 9.17) is 11.6 Å². The molecule has 0 radical (unpaired) electrons. The van der Waals surface area contributed by atoms with E-state index in [9.17, 15) is 4.79 Å². The van der Waals surface area contributed by atoms with Crippen molar-refractivity contribution in [3.63, 3.8) is 0 Å². The number of rotatable bonds is 3. The molecule has 0 aliphatic carbocycles. The molecule has 1 fully saturated rings. The quantitative estimate of drug-likeness (QED) is 0.832. The number of anilines is 1. The maximum Gasteiger partial charge on any atom is 0.255 e. The fraction of sp³-hybridized carbons (Fsp3) is 0.278. The Labute approximate surface area is 147 Å². The summed E-state index contributed by atoms with van der Waals surface area (Å²) in [5.74, 6) is -0.125. The van der Waals surface area contributed by atoms with Gasteiger partial charge in [-0.25, -0.2) is 0 Å². The largest absolute Gasteiger partial charge is 0.322 e. The molecule has 1 aliphatic rings. The van der Waals surface area contributed by atoms with Crippen LogP contribution in [0.1, 0.15) is 41.2 Å². The number of carbonyl (C=O) groups excluding carboxylic acids is 1. The predicted molar refractivity (Wildman–Crippen MR) is 97.7 cm³/mol. The third kappa shape index (κ3) is 4.71. The molecule has 0 spiro atoms. The highest BCUT2D eigenvalue weighted by Crippen LogP contribution is 2.24. The molecule has 1 heterocycles. The van der Waals surface area contributed by atoms with E-state index >= 15 is 0 Å². The van der Waals surface area contributed by atoms with E-state index in [0.717, 1.165) is 12.2 Å². The zero-order valence-electron chi connectivity index (χ0n) is 12.7. The Balaban J connectivity index is 0.00000192. The van der Waals surface area contributed by atoms with Crippen LogP contribution in [0.5, 0.6) is 0 Å². The van der Waals surface area contributed by atoms with Gasteiger partial charge < -0.3 is 10.6 Å². The first-order valence-electron chi connectivity index (χ1n) is 7.62. The Hall–Kier alpha value is -1.55. The minimum atomic E-state index is -0.125. The number of halogens is 2. The second kappa shape index (κ2) is 8.34. The standard InChI is InChI=1S/C18H19ClN2O.ClH/c19-15-8-4-14(5-9-15)18(22)21-16-10-6-13(7-11-16)17-3-1-2-12-20-17;/h4-11,17,20H,1-3,12H2,(H,21,22);1H. The zero-order valence-corrected chi connectivity index (χ0v) is 14.3. The molecule has 1 aliphatic heterocycles. The molecule has 0 bridgehead atoms. The third-order valence-corrected chi connectivity index (χ3v) is 4.24. The summed E-state index contributed by atoms with van der Waals surface area (Å²) in [5.41, 5.74) is 2.69. The SMILES string of the molecule is Cl.O=C(Nc1ccc(C2CCCCN2)cc1)c1ccc(Cl)cc1. The molecule has 0 aromatic heterocycles. The second-order valence-corrected chi connectivity index (χ2v) is 6.02. The van der Waals surface area contributed by atoms with Crippen molar-refractivity contribution in [2.24, 2.45) is 0 Å². The highest BCUT2D eigenvalue weighted by atomic mass is 35.5. The zero-order chi connectivity index (χ0) is 15.4. The molecule has 122 valence electrons. The van der Waals surface area contributed by atoms with Crippen molar-refractivity contribution in [2.75, 3.05) is 11.9 Å². The van der Waals surface area contributed by atoms with E-state index in [1.165, 1.54) is 24.8 Å². The number of amides is 1. The molecule has 2 aromatic rings. The van der Waals surface area contributed by atoms with Gasteiger partial charge in [-0.1, -0.05) is 30.2 Å². The average Bonchev–Trinajstić information content (AvgIpc) is 2.57. The van der Waals surface area contributed by atoms with Gasteiger partial charge in [0.25, 0.3) is 5.91 Å². The van der Waals surface area contributed by atoms with Crippen molar-refractivity contribution >= 4 is 35.6 Å². The van der Waals surface area contributed by atoms with Crippen molar-refractivity contribution < 1.29 is 4.79 Å². The van der Waals surface area contributed by atoms with Gasteiger partial charge in [-0.05, 0) is 61.3 Å². The molecule has 23 heavy (non-hydrogen) atoms. The predicted octanol–water partition coefficient (Wildman–Crippen LogP) is 4.83. The summed E-state index contributed by atoms with van der Waals surface area (Å²) in [4.78, 5) is 12.1. The fourth-order valence-electron chi connectivity index (χ4n) is 2.74. The van der Waals surface area contributed by atoms with Crippen molar-refractivity contribution in [3.05, 3.63) is 64.7 Å². The summed E-state index contributed by atoms with van der Waals surface area (Å²) < 4.78 is 0. The maximum atomic E-state index is 12.1. The summed E-state index contributed by atoms with van der Waals surface area (Å²) in [7, 11) is 0. The Morgan fingerprint density at radius 3 is 2.35 bits per heavy atom. The molecular formula is C18H20Cl2N2O. The van der Waals surface area contributed by atoms with E-state index < -0.39 is 0 Å². The average molecular weight is 351 g/mol. The summed E-state index contributed by atoms with van der Waals surface area (Å²) >= 11 is 5.83. The van der Waals surface area contributed by atoms with E-state index in [-0.39, 0.29) is 18.3 Å². The van der Waals surface area contributed by atoms with Gasteiger partial charge in [0.1, 0.15) is 0 Å². The molecular weight excluding hydrogens is 331 g/mol. The topological polar surface area (TPSA) is 41.1 Å². The Kier molecular flexibility index (Phi) is 6.46. The van der Waals surface area contributed by atoms with Crippen LogP contribution >= 0.6 is 24.0 Å². The van der Waals surface area contributed by atoms with Crippen LogP contribution in [0.4, 0.5) is 5.69 Å². The van der Waals surface area contributed by atoms with Crippen LogP contribution < -0.4 is 10.6 Å². The molecule has 1 atom stereocenters. The number of carbonyl (C=O) groups is 1. The first-order chi connectivity index (χ1) is 10.7. The Morgan fingerprint density at radius 2 is 1.74 bits per heavy atom. The number of hydrogen-bond acceptors (Lipinski definition) is 2. The van der Waals surface area contributed by atoms with Gasteiger partial charge in [-0.3, -0.25) is 4.79 Å². The van der Waals surface area contributed by atoms with E-state index in [2.05, 4.69) is 22.8 Å². The van der Waals surface area contributed by atoms with Crippen LogP contribution in [0.25, 0.3) is 0 Å². The monoisotopic (exact) mass is 350 g/mol. The van der Waals surface area contributed by atoms with Gasteiger partial charge in [-0.15, -0.1) is 12.4 Å². The van der Waals surface area contributed by atoms with Crippen molar-refractivity contribution in [1.29, 1.82) is 0 Å². The fourth-order valence-corrected chi connectivity index (χ4v) is 2.87. The minimum absolute atomic E-state index is 0. The first-order valence-corrected chi connectivity index (χ1v) is 8.00. The molecule has 2 N–H and O–H groups in total. The van der Waals surface area contributed by atoms with Crippen LogP contribution in [0.15, 0.2) is 48.5 Å². The Bertz CT molecular complexity index is 635. The van der Waals surface area contributed by atoms with E-state index in [1.807, 2.05) is 12.1 Å². The second-order valence-electron chi connectivity index (χ2n) is 5.59. The molecule has 1 saturated heterocycles. The molecule has 2 aromatic carbocycles. The molecule has 1 unspecified atom stereocenters. The van der Waals surface area contributed by atoms with Crippen LogP contribution in [-0.4, -0.2) is 12.5 Å². The molecule has 1 amide bonds. The molecule has 5 heteroatoms. The number of nitrogens with one attached hydrogen (secondary N) is 2. The highest BCUT2D eigenvalue weighted by Gasteiger charge is 2.14. The van der Waals surface area contributed by atoms with Crippen molar-refractivity contribution in [3.8, 4) is 0 Å². The lowest BCUT2D eigenvalue weighted by Gasteiger charge is -2.24. The lowest BCUT2D eigenvalue weighted by molar-refractivity contribution is 0.102. The summed E-state index contributed by atoms with van der Waals surface area (Å²) in [6, 6.07) is 15.4. The summed E-state index contributed by atoms with van der Waals surface area (Å²) in [5, 5.41) is 7.06. The molecule has 0 saturated carbocycles. The molecule has 3 rings (SSSR count). The van der Waals surface area contributed by atoms with Crippen molar-refractivity contribution in [2.45, 2.75) is 25.3 Å². The van der Waals surface area contributed by atoms with E-state index in [1.54, 1.807) is 24.3 Å². The van der Waals surface area contributed by atoms with Crippen LogP contribution in [0, 0.1) is 0 Å². The number of piperidine rings is 1. The van der Waals surface area contributed by atoms with Crippen molar-refractivity contribution in [1.82, 2.24) is 5.32 Å². The summed E-state index contributed by atoms with van der Waals surface area (Å²) in [6.07, 6.45) is 3.70. The summed E-state index contributed by atoms with van der Waals surface area (Å²) in [6.45, 7) is 1.08. The highest BCUT2D eigenvalue weighted by molar-refractivity contribution is 6.30. The normalized spacial score (nSPS) is 17.2. The van der Waals surface area contributed by atoms with Gasteiger partial charge in [0.2, 0.25) is 0 Å². The molecule has 3 nitrogen and oxygen atoms in total. The van der Waals surface area contributed by atoms with Gasteiger partial charge in [-0.2, -0.15) is 0 Å². The first kappa shape index (κ1) is 17.8. The van der Waals surface area contributed by atoms with Crippen LogP contribution in [0.2, 0.25) is 5.02 Å². The van der Waals surface area contributed by atoms with Crippen LogP contribution in [-0.2, 0) is 0 Å². The lowest BCUT2D eigenvalue weighted by atomic mass is 9.97.